The smallest absolute Gasteiger partial charge is 0.228 e. The third kappa shape index (κ3) is 2.92. The molecule has 5 heterocycles. The maximum Gasteiger partial charge on any atom is 0.228 e. The van der Waals surface area contributed by atoms with Gasteiger partial charge >= 0.3 is 0 Å². The van der Waals surface area contributed by atoms with Gasteiger partial charge in [-0.15, -0.1) is 0 Å². The zero-order valence-electron chi connectivity index (χ0n) is 17.0. The largest absolute Gasteiger partial charge is 0.374 e. The maximum absolute atomic E-state index is 13.0. The highest BCUT2D eigenvalue weighted by atomic mass is 16.5. The molecule has 29 heavy (non-hydrogen) atoms. The van der Waals surface area contributed by atoms with Crippen LogP contribution in [-0.4, -0.2) is 57.6 Å². The minimum absolute atomic E-state index is 0.0211. The summed E-state index contributed by atoms with van der Waals surface area (Å²) in [6, 6.07) is 0.181. The normalized spacial score (nSPS) is 37.9. The van der Waals surface area contributed by atoms with Gasteiger partial charge in [-0.25, -0.2) is 4.98 Å². The lowest BCUT2D eigenvalue weighted by atomic mass is 9.87. The van der Waals surface area contributed by atoms with Crippen LogP contribution >= 0.6 is 0 Å². The molecule has 1 aromatic heterocycles. The third-order valence-corrected chi connectivity index (χ3v) is 8.14. The van der Waals surface area contributed by atoms with Gasteiger partial charge in [0.1, 0.15) is 5.82 Å². The third-order valence-electron chi connectivity index (χ3n) is 8.14. The molecule has 156 valence electrons. The number of likely N-dealkylation sites (tertiary alicyclic amines) is 1. The second-order valence-corrected chi connectivity index (χ2v) is 9.80. The Balaban J connectivity index is 1.01. The number of imidazole rings is 1. The number of aryl methyl sites for hydroxylation is 2. The summed E-state index contributed by atoms with van der Waals surface area (Å²) in [6.45, 7) is 4.24. The number of amides is 2. The second kappa shape index (κ2) is 6.56. The summed E-state index contributed by atoms with van der Waals surface area (Å²) < 4.78 is 8.19. The minimum atomic E-state index is 0.0211. The fraction of sp³-hybridized carbons (Fsp3) is 0.773. The number of hydrogen-bond donors (Lipinski definition) is 1. The first kappa shape index (κ1) is 17.9. The number of fused-ring (bicyclic) bond motifs is 6. The molecule has 5 aliphatic rings. The fourth-order valence-corrected chi connectivity index (χ4v) is 6.30. The van der Waals surface area contributed by atoms with E-state index in [0.717, 1.165) is 63.5 Å². The summed E-state index contributed by atoms with van der Waals surface area (Å²) in [6.07, 6.45) is 8.19. The Morgan fingerprint density at radius 2 is 2.00 bits per heavy atom. The maximum atomic E-state index is 13.0. The van der Waals surface area contributed by atoms with E-state index in [1.807, 2.05) is 18.0 Å². The molecule has 2 bridgehead atoms. The van der Waals surface area contributed by atoms with Crippen molar-refractivity contribution >= 4 is 11.8 Å². The SMILES string of the molecule is Cc1ncc2n1CC(C(=O)NC1CCN(C(=O)[C@@H]3C[C@@H]4O[C@H]3[C@H]3C[C@H]34)CC1)CC2. The van der Waals surface area contributed by atoms with Crippen LogP contribution in [0.5, 0.6) is 0 Å². The fourth-order valence-electron chi connectivity index (χ4n) is 6.30. The van der Waals surface area contributed by atoms with E-state index in [9.17, 15) is 9.59 Å². The van der Waals surface area contributed by atoms with Crippen molar-refractivity contribution in [3.8, 4) is 0 Å². The highest BCUT2D eigenvalue weighted by Crippen LogP contribution is 2.60. The summed E-state index contributed by atoms with van der Waals surface area (Å²) in [5.41, 5.74) is 1.24. The van der Waals surface area contributed by atoms with Crippen LogP contribution in [-0.2, 0) is 27.3 Å². The molecule has 6 rings (SSSR count). The van der Waals surface area contributed by atoms with E-state index < -0.39 is 0 Å². The van der Waals surface area contributed by atoms with Crippen LogP contribution in [0.2, 0.25) is 0 Å². The zero-order valence-corrected chi connectivity index (χ0v) is 17.0. The Labute approximate surface area is 171 Å². The molecule has 0 radical (unpaired) electrons. The lowest BCUT2D eigenvalue weighted by Gasteiger charge is -2.35. The van der Waals surface area contributed by atoms with E-state index in [1.165, 1.54) is 12.1 Å². The standard InChI is InChI=1S/C22H30N4O3/c1-12-23-10-15-3-2-13(11-26(12)15)21(27)24-14-4-6-25(7-5-14)22(28)18-9-19-16-8-17(16)20(18)29-19/h10,13-14,16-20H,2-9,11H2,1H3,(H,24,27)/t13?,16-,17+,18-,19+,20+/m1/s1. The van der Waals surface area contributed by atoms with Crippen molar-refractivity contribution in [2.24, 2.45) is 23.7 Å². The number of carbonyl (C=O) groups is 2. The van der Waals surface area contributed by atoms with Gasteiger partial charge in [0.15, 0.2) is 0 Å². The Morgan fingerprint density at radius 1 is 1.17 bits per heavy atom. The highest BCUT2D eigenvalue weighted by Gasteiger charge is 2.64. The van der Waals surface area contributed by atoms with Gasteiger partial charge in [0, 0.05) is 37.6 Å². The van der Waals surface area contributed by atoms with E-state index in [2.05, 4.69) is 14.9 Å². The number of nitrogens with zero attached hydrogens (tertiary/aromatic N) is 3. The van der Waals surface area contributed by atoms with Crippen LogP contribution in [0.25, 0.3) is 0 Å². The first-order valence-corrected chi connectivity index (χ1v) is 11.3. The van der Waals surface area contributed by atoms with E-state index >= 15 is 0 Å². The Bertz CT molecular complexity index is 843. The number of ether oxygens (including phenoxy) is 1. The average Bonchev–Trinajstić information content (AvgIpc) is 3.15. The zero-order chi connectivity index (χ0) is 19.7. The molecule has 1 saturated carbocycles. The molecule has 0 spiro atoms. The first-order valence-electron chi connectivity index (χ1n) is 11.3. The van der Waals surface area contributed by atoms with Crippen molar-refractivity contribution in [2.75, 3.05) is 13.1 Å². The van der Waals surface area contributed by atoms with Crippen molar-refractivity contribution in [3.63, 3.8) is 0 Å². The molecule has 6 atom stereocenters. The predicted octanol–water partition coefficient (Wildman–Crippen LogP) is 1.28. The molecule has 2 amide bonds. The van der Waals surface area contributed by atoms with E-state index in [1.54, 1.807) is 0 Å². The summed E-state index contributed by atoms with van der Waals surface area (Å²) in [7, 11) is 0. The molecule has 3 saturated heterocycles. The van der Waals surface area contributed by atoms with Crippen molar-refractivity contribution < 1.29 is 14.3 Å². The number of hydrogen-bond acceptors (Lipinski definition) is 4. The Morgan fingerprint density at radius 3 is 2.76 bits per heavy atom. The summed E-state index contributed by atoms with van der Waals surface area (Å²) in [5.74, 6) is 2.98. The average molecular weight is 399 g/mol. The van der Waals surface area contributed by atoms with E-state index in [0.29, 0.717) is 17.9 Å². The highest BCUT2D eigenvalue weighted by molar-refractivity contribution is 5.81. The predicted molar refractivity (Wildman–Crippen MR) is 105 cm³/mol. The van der Waals surface area contributed by atoms with Crippen LogP contribution in [0.15, 0.2) is 6.20 Å². The lowest BCUT2D eigenvalue weighted by molar-refractivity contribution is -0.138. The molecular weight excluding hydrogens is 368 g/mol. The molecule has 1 aromatic rings. The van der Waals surface area contributed by atoms with Crippen molar-refractivity contribution in [3.05, 3.63) is 17.7 Å². The van der Waals surface area contributed by atoms with Crippen molar-refractivity contribution in [1.29, 1.82) is 0 Å². The van der Waals surface area contributed by atoms with Crippen LogP contribution < -0.4 is 5.32 Å². The number of rotatable bonds is 3. The molecular formula is C22H30N4O3. The van der Waals surface area contributed by atoms with Crippen molar-refractivity contribution in [1.82, 2.24) is 19.8 Å². The van der Waals surface area contributed by atoms with E-state index in [-0.39, 0.29) is 29.9 Å². The number of nitrogens with one attached hydrogen (secondary N) is 1. The minimum Gasteiger partial charge on any atom is -0.374 e. The summed E-state index contributed by atoms with van der Waals surface area (Å²) in [5, 5.41) is 3.27. The molecule has 7 heteroatoms. The van der Waals surface area contributed by atoms with Crippen LogP contribution in [0, 0.1) is 30.6 Å². The molecule has 1 N–H and O–H groups in total. The van der Waals surface area contributed by atoms with Gasteiger partial charge in [-0.05, 0) is 57.3 Å². The van der Waals surface area contributed by atoms with Gasteiger partial charge in [-0.1, -0.05) is 0 Å². The molecule has 4 aliphatic heterocycles. The van der Waals surface area contributed by atoms with Gasteiger partial charge in [0.05, 0.1) is 24.0 Å². The Kier molecular flexibility index (Phi) is 4.05. The van der Waals surface area contributed by atoms with Gasteiger partial charge in [-0.3, -0.25) is 9.59 Å². The molecule has 4 fully saturated rings. The molecule has 1 unspecified atom stereocenters. The van der Waals surface area contributed by atoms with Crippen LogP contribution in [0.1, 0.15) is 43.6 Å². The summed E-state index contributed by atoms with van der Waals surface area (Å²) >= 11 is 0. The lowest BCUT2D eigenvalue weighted by Crippen LogP contribution is -2.50. The number of carbonyl (C=O) groups excluding carboxylic acids is 2. The summed E-state index contributed by atoms with van der Waals surface area (Å²) in [4.78, 5) is 32.2. The van der Waals surface area contributed by atoms with Crippen molar-refractivity contribution in [2.45, 2.75) is 70.2 Å². The molecule has 1 aliphatic carbocycles. The molecule has 0 aromatic carbocycles. The van der Waals surface area contributed by atoms with Crippen LogP contribution in [0.3, 0.4) is 0 Å². The number of aromatic nitrogens is 2. The number of piperidine rings is 1. The topological polar surface area (TPSA) is 76.5 Å². The molecule has 7 nitrogen and oxygen atoms in total. The Hall–Kier alpha value is -1.89. The quantitative estimate of drug-likeness (QED) is 0.832. The monoisotopic (exact) mass is 398 g/mol. The first-order chi connectivity index (χ1) is 14.1. The van der Waals surface area contributed by atoms with E-state index in [4.69, 9.17) is 4.74 Å². The van der Waals surface area contributed by atoms with Gasteiger partial charge in [0.25, 0.3) is 0 Å². The van der Waals surface area contributed by atoms with Gasteiger partial charge in [0.2, 0.25) is 11.8 Å². The second-order valence-electron chi connectivity index (χ2n) is 9.80. The van der Waals surface area contributed by atoms with Gasteiger partial charge < -0.3 is 19.5 Å². The van der Waals surface area contributed by atoms with Gasteiger partial charge in [-0.2, -0.15) is 0 Å². The van der Waals surface area contributed by atoms with Crippen LogP contribution in [0.4, 0.5) is 0 Å².